The van der Waals surface area contributed by atoms with Crippen LogP contribution in [0.5, 0.6) is 0 Å². The third-order valence-electron chi connectivity index (χ3n) is 5.04. The lowest BCUT2D eigenvalue weighted by atomic mass is 9.82. The zero-order chi connectivity index (χ0) is 14.1. The molecule has 2 saturated heterocycles. The molecule has 2 heterocycles. The standard InChI is InChI=1S/C15H24N2O3/c1-10-14(18)16-13(11-5-3-2-4-6-11)15(19)17(10)12-7-8-20-9-12/h10-13H,2-9H2,1H3,(H,16,18). The Morgan fingerprint density at radius 1 is 1.15 bits per heavy atom. The molecular weight excluding hydrogens is 256 g/mol. The van der Waals surface area contributed by atoms with E-state index in [9.17, 15) is 9.59 Å². The number of rotatable bonds is 2. The molecule has 0 aromatic carbocycles. The van der Waals surface area contributed by atoms with Crippen molar-refractivity contribution in [3.8, 4) is 0 Å². The zero-order valence-corrected chi connectivity index (χ0v) is 12.1. The molecule has 20 heavy (non-hydrogen) atoms. The van der Waals surface area contributed by atoms with Crippen LogP contribution in [0.15, 0.2) is 0 Å². The smallest absolute Gasteiger partial charge is 0.246 e. The number of amides is 2. The Morgan fingerprint density at radius 3 is 2.55 bits per heavy atom. The zero-order valence-electron chi connectivity index (χ0n) is 12.1. The summed E-state index contributed by atoms with van der Waals surface area (Å²) in [5.41, 5.74) is 0. The van der Waals surface area contributed by atoms with Gasteiger partial charge in [-0.05, 0) is 32.1 Å². The van der Waals surface area contributed by atoms with Gasteiger partial charge in [0.15, 0.2) is 0 Å². The molecule has 0 radical (unpaired) electrons. The Bertz CT molecular complexity index is 387. The Kier molecular flexibility index (Phi) is 3.96. The van der Waals surface area contributed by atoms with Crippen LogP contribution in [0.1, 0.15) is 45.4 Å². The van der Waals surface area contributed by atoms with Gasteiger partial charge in [0.25, 0.3) is 0 Å². The van der Waals surface area contributed by atoms with Gasteiger partial charge < -0.3 is 15.0 Å². The van der Waals surface area contributed by atoms with Gasteiger partial charge in [0, 0.05) is 6.61 Å². The number of piperazine rings is 1. The van der Waals surface area contributed by atoms with Crippen molar-refractivity contribution in [1.82, 2.24) is 10.2 Å². The summed E-state index contributed by atoms with van der Waals surface area (Å²) in [6.45, 7) is 3.08. The fourth-order valence-corrected chi connectivity index (χ4v) is 3.84. The number of hydrogen-bond acceptors (Lipinski definition) is 3. The highest BCUT2D eigenvalue weighted by atomic mass is 16.5. The van der Waals surface area contributed by atoms with Gasteiger partial charge in [-0.15, -0.1) is 0 Å². The van der Waals surface area contributed by atoms with E-state index in [0.29, 0.717) is 19.1 Å². The molecule has 3 unspecified atom stereocenters. The molecule has 112 valence electrons. The number of carbonyl (C=O) groups excluding carboxylic acids is 2. The second kappa shape index (κ2) is 5.72. The highest BCUT2D eigenvalue weighted by molar-refractivity contribution is 5.97. The summed E-state index contributed by atoms with van der Waals surface area (Å²) in [7, 11) is 0. The Balaban J connectivity index is 1.78. The minimum absolute atomic E-state index is 0.00734. The Hall–Kier alpha value is -1.10. The molecule has 0 aromatic heterocycles. The van der Waals surface area contributed by atoms with Crippen LogP contribution in [0.4, 0.5) is 0 Å². The molecule has 1 aliphatic carbocycles. The summed E-state index contributed by atoms with van der Waals surface area (Å²) in [5, 5.41) is 2.97. The maximum atomic E-state index is 12.8. The van der Waals surface area contributed by atoms with E-state index >= 15 is 0 Å². The molecule has 5 nitrogen and oxygen atoms in total. The highest BCUT2D eigenvalue weighted by Gasteiger charge is 2.45. The quantitative estimate of drug-likeness (QED) is 0.823. The molecule has 0 spiro atoms. The summed E-state index contributed by atoms with van der Waals surface area (Å²) in [4.78, 5) is 26.8. The second-order valence-electron chi connectivity index (χ2n) is 6.32. The van der Waals surface area contributed by atoms with Crippen molar-refractivity contribution < 1.29 is 14.3 Å². The van der Waals surface area contributed by atoms with E-state index < -0.39 is 0 Å². The van der Waals surface area contributed by atoms with Gasteiger partial charge in [0.05, 0.1) is 12.6 Å². The fraction of sp³-hybridized carbons (Fsp3) is 0.867. The number of carbonyl (C=O) groups is 2. The van der Waals surface area contributed by atoms with Gasteiger partial charge in [0.1, 0.15) is 12.1 Å². The first-order valence-electron chi connectivity index (χ1n) is 7.89. The van der Waals surface area contributed by atoms with Crippen molar-refractivity contribution in [3.63, 3.8) is 0 Å². The van der Waals surface area contributed by atoms with Crippen LogP contribution in [0.25, 0.3) is 0 Å². The third-order valence-corrected chi connectivity index (χ3v) is 5.04. The van der Waals surface area contributed by atoms with E-state index in [0.717, 1.165) is 19.3 Å². The first-order chi connectivity index (χ1) is 9.68. The van der Waals surface area contributed by atoms with Gasteiger partial charge in [-0.3, -0.25) is 9.59 Å². The normalized spacial score (nSPS) is 36.2. The lowest BCUT2D eigenvalue weighted by molar-refractivity contribution is -0.153. The van der Waals surface area contributed by atoms with Gasteiger partial charge in [0.2, 0.25) is 11.8 Å². The van der Waals surface area contributed by atoms with E-state index in [4.69, 9.17) is 4.74 Å². The van der Waals surface area contributed by atoms with Crippen molar-refractivity contribution in [1.29, 1.82) is 0 Å². The molecule has 1 saturated carbocycles. The van der Waals surface area contributed by atoms with Gasteiger partial charge in [-0.25, -0.2) is 0 Å². The molecule has 0 bridgehead atoms. The summed E-state index contributed by atoms with van der Waals surface area (Å²) >= 11 is 0. The van der Waals surface area contributed by atoms with Crippen LogP contribution >= 0.6 is 0 Å². The third kappa shape index (κ3) is 2.43. The van der Waals surface area contributed by atoms with Crippen molar-refractivity contribution in [2.45, 2.75) is 63.6 Å². The predicted octanol–water partition coefficient (Wildman–Crippen LogP) is 1.07. The van der Waals surface area contributed by atoms with Crippen molar-refractivity contribution in [2.24, 2.45) is 5.92 Å². The Labute approximate surface area is 120 Å². The first kappa shape index (κ1) is 13.9. The van der Waals surface area contributed by atoms with E-state index in [2.05, 4.69) is 5.32 Å². The molecule has 1 N–H and O–H groups in total. The average Bonchev–Trinajstić information content (AvgIpc) is 2.98. The van der Waals surface area contributed by atoms with Crippen LogP contribution in [0.2, 0.25) is 0 Å². The van der Waals surface area contributed by atoms with E-state index in [1.54, 1.807) is 4.90 Å². The number of nitrogens with zero attached hydrogens (tertiary/aromatic N) is 1. The van der Waals surface area contributed by atoms with Crippen LogP contribution in [-0.4, -0.2) is 48.1 Å². The maximum absolute atomic E-state index is 12.8. The van der Waals surface area contributed by atoms with Crippen molar-refractivity contribution in [3.05, 3.63) is 0 Å². The van der Waals surface area contributed by atoms with Crippen LogP contribution in [0, 0.1) is 5.92 Å². The minimum Gasteiger partial charge on any atom is -0.379 e. The topological polar surface area (TPSA) is 58.6 Å². The molecule has 5 heteroatoms. The van der Waals surface area contributed by atoms with E-state index in [-0.39, 0.29) is 29.9 Å². The number of ether oxygens (including phenoxy) is 1. The lowest BCUT2D eigenvalue weighted by Gasteiger charge is -2.43. The SMILES string of the molecule is CC1C(=O)NC(C2CCCCC2)C(=O)N1C1CCOC1. The molecule has 2 aliphatic heterocycles. The van der Waals surface area contributed by atoms with Crippen LogP contribution in [0.3, 0.4) is 0 Å². The summed E-state index contributed by atoms with van der Waals surface area (Å²) in [5.74, 6) is 0.420. The average molecular weight is 280 g/mol. The largest absolute Gasteiger partial charge is 0.379 e. The first-order valence-corrected chi connectivity index (χ1v) is 7.89. The van der Waals surface area contributed by atoms with Crippen LogP contribution < -0.4 is 5.32 Å². The highest BCUT2D eigenvalue weighted by Crippen LogP contribution is 2.30. The van der Waals surface area contributed by atoms with Crippen LogP contribution in [-0.2, 0) is 14.3 Å². The maximum Gasteiger partial charge on any atom is 0.246 e. The van der Waals surface area contributed by atoms with Gasteiger partial charge in [-0.2, -0.15) is 0 Å². The predicted molar refractivity (Wildman–Crippen MR) is 74.0 cm³/mol. The lowest BCUT2D eigenvalue weighted by Crippen LogP contribution is -2.66. The van der Waals surface area contributed by atoms with Crippen molar-refractivity contribution >= 4 is 11.8 Å². The molecule has 0 aromatic rings. The second-order valence-corrected chi connectivity index (χ2v) is 6.32. The van der Waals surface area contributed by atoms with Crippen molar-refractivity contribution in [2.75, 3.05) is 13.2 Å². The number of hydrogen-bond donors (Lipinski definition) is 1. The fourth-order valence-electron chi connectivity index (χ4n) is 3.84. The minimum atomic E-state index is -0.367. The Morgan fingerprint density at radius 2 is 1.90 bits per heavy atom. The van der Waals surface area contributed by atoms with Gasteiger partial charge in [-0.1, -0.05) is 19.3 Å². The molecule has 3 rings (SSSR count). The van der Waals surface area contributed by atoms with E-state index in [1.807, 2.05) is 6.92 Å². The summed E-state index contributed by atoms with van der Waals surface area (Å²) in [6, 6.07) is -0.594. The molecular formula is C15H24N2O3. The monoisotopic (exact) mass is 280 g/mol. The molecule has 3 atom stereocenters. The van der Waals surface area contributed by atoms with E-state index in [1.165, 1.54) is 19.3 Å². The summed E-state index contributed by atoms with van der Waals surface area (Å²) in [6.07, 6.45) is 6.56. The molecule has 3 fully saturated rings. The molecule has 3 aliphatic rings. The summed E-state index contributed by atoms with van der Waals surface area (Å²) < 4.78 is 5.40. The van der Waals surface area contributed by atoms with Gasteiger partial charge >= 0.3 is 0 Å². The number of nitrogens with one attached hydrogen (secondary N) is 1. The molecule has 2 amide bonds.